The monoisotopic (exact) mass is 782 g/mol. The van der Waals surface area contributed by atoms with Crippen LogP contribution in [0.3, 0.4) is 0 Å². The van der Waals surface area contributed by atoms with Crippen LogP contribution in [0, 0.1) is 13.0 Å². The van der Waals surface area contributed by atoms with Gasteiger partial charge in [0.05, 0.1) is 0 Å². The normalized spacial score (nSPS) is 17.0. The molecular formula is C28H31F7IN2O6P-2. The molecule has 0 bridgehead atoms. The van der Waals surface area contributed by atoms with E-state index in [0.717, 1.165) is 9.13 Å². The molecule has 1 amide bonds. The van der Waals surface area contributed by atoms with Crippen LogP contribution in [-0.4, -0.2) is 59.1 Å². The Labute approximate surface area is 264 Å². The summed E-state index contributed by atoms with van der Waals surface area (Å²) in [6.07, 6.45) is 0.832. The number of hydrogen-bond donors (Lipinski definition) is 1. The van der Waals surface area contributed by atoms with Crippen LogP contribution < -0.4 is 30.7 Å². The Bertz CT molecular complexity index is 1450. The fraction of sp³-hybridized carbons (Fsp3) is 0.357. The number of nitrogens with zero attached hydrogens (tertiary/aromatic N) is 2. The van der Waals surface area contributed by atoms with E-state index in [1.807, 2.05) is 45.0 Å². The van der Waals surface area contributed by atoms with Gasteiger partial charge in [-0.15, -0.1) is 0 Å². The van der Waals surface area contributed by atoms with Crippen LogP contribution in [0.15, 0.2) is 60.8 Å². The van der Waals surface area contributed by atoms with Crippen LogP contribution in [0.2, 0.25) is 0 Å². The topological polar surface area (TPSA) is 90.4 Å². The minimum atomic E-state index is -10.7. The summed E-state index contributed by atoms with van der Waals surface area (Å²) in [4.78, 5) is 18.3. The van der Waals surface area contributed by atoms with Gasteiger partial charge in [-0.25, -0.2) is 4.79 Å². The average molecular weight is 782 g/mol. The number of pyridine rings is 1. The zero-order valence-electron chi connectivity index (χ0n) is 24.2. The van der Waals surface area contributed by atoms with Crippen molar-refractivity contribution in [3.63, 3.8) is 0 Å². The molecular weight excluding hydrogens is 751 g/mol. The van der Waals surface area contributed by atoms with Gasteiger partial charge in [0.25, 0.3) is 0 Å². The summed E-state index contributed by atoms with van der Waals surface area (Å²) < 4.78 is 98.8. The SMILES string of the molecule is CC(C)(C)OC(=O)N1CCO[C@H](COc2cccnc2Oc2ccc([I-]c3ccc(CO)cc3)c(F)c2)C1.F[P-](F)(F)(F)(F)F. The van der Waals surface area contributed by atoms with E-state index < -0.39 is 34.6 Å². The number of aliphatic hydroxyl groups is 1. The molecule has 1 aromatic heterocycles. The average Bonchev–Trinajstić information content (AvgIpc) is 2.92. The van der Waals surface area contributed by atoms with Gasteiger partial charge in [0.1, 0.15) is 5.60 Å². The molecule has 45 heavy (non-hydrogen) atoms. The first-order valence-electron chi connectivity index (χ1n) is 13.2. The molecule has 17 heteroatoms. The summed E-state index contributed by atoms with van der Waals surface area (Å²) >= 11 is -0.725. The molecule has 2 heterocycles. The van der Waals surface area contributed by atoms with E-state index in [-0.39, 0.29) is 37.1 Å². The van der Waals surface area contributed by atoms with Crippen LogP contribution in [-0.2, 0) is 16.1 Å². The first kappa shape index (κ1) is 36.5. The Morgan fingerprint density at radius 1 is 1.09 bits per heavy atom. The molecule has 1 saturated heterocycles. The number of benzene rings is 2. The van der Waals surface area contributed by atoms with Gasteiger partial charge in [-0.1, -0.05) is 0 Å². The molecule has 0 spiro atoms. The first-order chi connectivity index (χ1) is 20.6. The molecule has 1 aliphatic heterocycles. The number of rotatable bonds is 8. The van der Waals surface area contributed by atoms with Crippen LogP contribution in [0.1, 0.15) is 26.3 Å². The van der Waals surface area contributed by atoms with Gasteiger partial charge < -0.3 is 4.74 Å². The molecule has 0 radical (unpaired) electrons. The molecule has 0 saturated carbocycles. The van der Waals surface area contributed by atoms with Gasteiger partial charge in [-0.2, -0.15) is 0 Å². The number of amides is 1. The second-order valence-electron chi connectivity index (χ2n) is 10.6. The Balaban J connectivity index is 0.000000707. The third kappa shape index (κ3) is 14.8. The van der Waals surface area contributed by atoms with Crippen LogP contribution in [0.25, 0.3) is 0 Å². The summed E-state index contributed by atoms with van der Waals surface area (Å²) in [5, 5.41) is 9.19. The molecule has 8 nitrogen and oxygen atoms in total. The Kier molecular flexibility index (Phi) is 11.2. The van der Waals surface area contributed by atoms with E-state index >= 15 is 0 Å². The summed E-state index contributed by atoms with van der Waals surface area (Å²) in [5.41, 5.74) is 0.250. The second-order valence-corrected chi connectivity index (χ2v) is 15.4. The predicted octanol–water partition coefficient (Wildman–Crippen LogP) is 5.03. The quantitative estimate of drug-likeness (QED) is 0.195. The van der Waals surface area contributed by atoms with E-state index in [9.17, 15) is 39.5 Å². The summed E-state index contributed by atoms with van der Waals surface area (Å²) in [6.45, 7) is 6.80. The molecule has 252 valence electrons. The van der Waals surface area contributed by atoms with Crippen LogP contribution in [0.5, 0.6) is 17.4 Å². The summed E-state index contributed by atoms with van der Waals surface area (Å²) in [5.74, 6) is 0.539. The number of morpholine rings is 1. The van der Waals surface area contributed by atoms with Crippen molar-refractivity contribution in [2.75, 3.05) is 26.3 Å². The molecule has 1 aliphatic rings. The van der Waals surface area contributed by atoms with E-state index in [1.165, 1.54) is 6.07 Å². The van der Waals surface area contributed by atoms with Crippen LogP contribution >= 0.6 is 7.81 Å². The molecule has 1 N–H and O–H groups in total. The van der Waals surface area contributed by atoms with Crippen molar-refractivity contribution in [3.05, 3.63) is 79.3 Å². The van der Waals surface area contributed by atoms with Gasteiger partial charge in [0, 0.05) is 6.54 Å². The third-order valence-corrected chi connectivity index (χ3v) is 8.16. The number of halogens is 8. The van der Waals surface area contributed by atoms with E-state index in [0.29, 0.717) is 34.8 Å². The second kappa shape index (κ2) is 13.8. The molecule has 2 aromatic carbocycles. The first-order valence-corrected chi connectivity index (χ1v) is 17.4. The number of aliphatic hydroxyl groups excluding tert-OH is 1. The maximum absolute atomic E-state index is 14.9. The fourth-order valence-electron chi connectivity index (χ4n) is 3.56. The van der Waals surface area contributed by atoms with Crippen molar-refractivity contribution in [2.45, 2.75) is 39.1 Å². The molecule has 4 rings (SSSR count). The van der Waals surface area contributed by atoms with E-state index in [4.69, 9.17) is 18.9 Å². The Morgan fingerprint density at radius 3 is 2.36 bits per heavy atom. The van der Waals surface area contributed by atoms with Crippen molar-refractivity contribution in [1.29, 1.82) is 0 Å². The number of hydrogen-bond acceptors (Lipinski definition) is 7. The van der Waals surface area contributed by atoms with Crippen LogP contribution in [0.4, 0.5) is 34.4 Å². The number of carbonyl (C=O) groups excluding carboxylic acids is 1. The number of aromatic nitrogens is 1. The zero-order valence-corrected chi connectivity index (χ0v) is 27.3. The zero-order chi connectivity index (χ0) is 33.5. The van der Waals surface area contributed by atoms with Gasteiger partial charge in [-0.05, 0) is 20.8 Å². The van der Waals surface area contributed by atoms with Crippen molar-refractivity contribution in [3.8, 4) is 17.4 Å². The van der Waals surface area contributed by atoms with Crippen molar-refractivity contribution in [2.24, 2.45) is 0 Å². The summed E-state index contributed by atoms with van der Waals surface area (Å²) in [7, 11) is -10.7. The fourth-order valence-corrected chi connectivity index (χ4v) is 5.72. The molecule has 0 aliphatic carbocycles. The van der Waals surface area contributed by atoms with E-state index in [1.54, 1.807) is 35.4 Å². The molecule has 0 unspecified atom stereocenters. The Hall–Kier alpha value is -2.95. The third-order valence-electron chi connectivity index (χ3n) is 5.36. The molecule has 1 fully saturated rings. The Morgan fingerprint density at radius 2 is 1.76 bits per heavy atom. The summed E-state index contributed by atoms with van der Waals surface area (Å²) in [6, 6.07) is 15.7. The molecule has 3 aromatic rings. The van der Waals surface area contributed by atoms with Crippen molar-refractivity contribution >= 4 is 13.9 Å². The number of carbonyl (C=O) groups is 1. The number of ether oxygens (including phenoxy) is 4. The standard InChI is InChI=1S/C28H31FIN2O6.F6P/c1-28(2,3)38-27(34)32-13-14-35-22(16-32)18-36-25-5-4-12-31-26(25)37-21-10-11-24(23(29)15-21)30-20-8-6-19(17-33)7-9-20;1-7(2,3,4,5)6/h4-12,15,22,33H,13-14,16-18H2,1-3H3;/q2*-1/t22-;/m0./s1. The van der Waals surface area contributed by atoms with Gasteiger partial charge in [0.15, 0.2) is 0 Å². The van der Waals surface area contributed by atoms with Gasteiger partial charge in [-0.3, -0.25) is 0 Å². The van der Waals surface area contributed by atoms with Gasteiger partial charge in [0.2, 0.25) is 0 Å². The van der Waals surface area contributed by atoms with Crippen molar-refractivity contribution in [1.82, 2.24) is 9.88 Å². The van der Waals surface area contributed by atoms with E-state index in [2.05, 4.69) is 4.98 Å². The minimum absolute atomic E-state index is 0.0174. The maximum atomic E-state index is 14.9. The molecule has 1 atom stereocenters. The predicted molar refractivity (Wildman–Crippen MR) is 147 cm³/mol. The van der Waals surface area contributed by atoms with Crippen molar-refractivity contribution < 1.29 is 79.6 Å². The van der Waals surface area contributed by atoms with Gasteiger partial charge >= 0.3 is 223 Å².